The lowest BCUT2D eigenvalue weighted by atomic mass is 9.91. The predicted molar refractivity (Wildman–Crippen MR) is 107 cm³/mol. The number of rotatable bonds is 4. The van der Waals surface area contributed by atoms with Crippen LogP contribution in [0.5, 0.6) is 0 Å². The van der Waals surface area contributed by atoms with Crippen molar-refractivity contribution in [2.75, 3.05) is 37.6 Å². The highest BCUT2D eigenvalue weighted by atomic mass is 35.5. The maximum absolute atomic E-state index is 12.4. The fourth-order valence-corrected chi connectivity index (χ4v) is 4.44. The quantitative estimate of drug-likeness (QED) is 0.837. The smallest absolute Gasteiger partial charge is 0.223 e. The van der Waals surface area contributed by atoms with Crippen molar-refractivity contribution in [3.8, 4) is 0 Å². The molecule has 1 aromatic rings. The Bertz CT molecular complexity index is 563. The lowest BCUT2D eigenvalue weighted by molar-refractivity contribution is -0.123. The second-order valence-electron chi connectivity index (χ2n) is 7.55. The molecule has 2 N–H and O–H groups in total. The van der Waals surface area contributed by atoms with E-state index in [4.69, 9.17) is 0 Å². The van der Waals surface area contributed by atoms with Crippen LogP contribution in [0.15, 0.2) is 30.3 Å². The summed E-state index contributed by atoms with van der Waals surface area (Å²) >= 11 is 0. The molecule has 0 radical (unpaired) electrons. The molecular weight excluding hydrogens is 357 g/mol. The highest BCUT2D eigenvalue weighted by Gasteiger charge is 2.57. The molecule has 3 aliphatic rings. The average Bonchev–Trinajstić information content (AvgIpc) is 3.08. The van der Waals surface area contributed by atoms with Gasteiger partial charge in [0.15, 0.2) is 0 Å². The topological polar surface area (TPSA) is 44.4 Å². The maximum atomic E-state index is 12.4. The Morgan fingerprint density at radius 3 is 2.64 bits per heavy atom. The van der Waals surface area contributed by atoms with Crippen LogP contribution in [0.4, 0.5) is 5.69 Å². The van der Waals surface area contributed by atoms with E-state index in [-0.39, 0.29) is 30.7 Å². The number of carbonyl (C=O) groups is 1. The molecule has 2 atom stereocenters. The van der Waals surface area contributed by atoms with Crippen LogP contribution < -0.4 is 15.5 Å². The van der Waals surface area contributed by atoms with Gasteiger partial charge in [0.05, 0.1) is 0 Å². The van der Waals surface area contributed by atoms with E-state index in [1.807, 2.05) is 0 Å². The van der Waals surface area contributed by atoms with Gasteiger partial charge < -0.3 is 15.5 Å². The Hall–Kier alpha value is -0.970. The summed E-state index contributed by atoms with van der Waals surface area (Å²) in [6.07, 6.45) is 4.64. The zero-order valence-corrected chi connectivity index (χ0v) is 16.2. The molecule has 1 amide bonds. The van der Waals surface area contributed by atoms with E-state index in [0.29, 0.717) is 17.2 Å². The van der Waals surface area contributed by atoms with Crippen molar-refractivity contribution >= 4 is 36.4 Å². The largest absolute Gasteiger partial charge is 0.371 e. The number of para-hydroxylation sites is 1. The summed E-state index contributed by atoms with van der Waals surface area (Å²) in [5, 5.41) is 6.64. The molecule has 1 aliphatic carbocycles. The van der Waals surface area contributed by atoms with E-state index < -0.39 is 0 Å². The monoisotopic (exact) mass is 385 g/mol. The van der Waals surface area contributed by atoms with Crippen molar-refractivity contribution in [1.29, 1.82) is 0 Å². The highest BCUT2D eigenvalue weighted by molar-refractivity contribution is 5.85. The summed E-state index contributed by atoms with van der Waals surface area (Å²) in [6.45, 7) is 5.16. The van der Waals surface area contributed by atoms with E-state index in [0.717, 1.165) is 39.1 Å². The normalized spacial score (nSPS) is 26.5. The van der Waals surface area contributed by atoms with Gasteiger partial charge in [-0.2, -0.15) is 0 Å². The van der Waals surface area contributed by atoms with Crippen LogP contribution in [0, 0.1) is 17.3 Å². The van der Waals surface area contributed by atoms with Gasteiger partial charge in [0, 0.05) is 31.2 Å². The molecule has 2 heterocycles. The van der Waals surface area contributed by atoms with Gasteiger partial charge >= 0.3 is 0 Å². The Morgan fingerprint density at radius 1 is 1.20 bits per heavy atom. The molecule has 6 heteroatoms. The number of anilines is 1. The van der Waals surface area contributed by atoms with Crippen molar-refractivity contribution < 1.29 is 4.79 Å². The lowest BCUT2D eigenvalue weighted by Gasteiger charge is -2.23. The summed E-state index contributed by atoms with van der Waals surface area (Å²) < 4.78 is 0. The van der Waals surface area contributed by atoms with E-state index in [1.54, 1.807) is 0 Å². The minimum atomic E-state index is 0. The number of nitrogens with one attached hydrogen (secondary N) is 2. The Morgan fingerprint density at radius 2 is 1.92 bits per heavy atom. The number of hydrogen-bond donors (Lipinski definition) is 2. The van der Waals surface area contributed by atoms with Gasteiger partial charge in [-0.05, 0) is 62.2 Å². The molecule has 1 spiro atoms. The SMILES string of the molecule is Cl.Cl.O=C(NCC1CCN(c2ccccc2)C1)C1CC12CCNCC2. The zero-order chi connectivity index (χ0) is 15.7. The van der Waals surface area contributed by atoms with E-state index in [9.17, 15) is 4.79 Å². The molecule has 4 nitrogen and oxygen atoms in total. The average molecular weight is 386 g/mol. The van der Waals surface area contributed by atoms with Crippen molar-refractivity contribution in [3.63, 3.8) is 0 Å². The second-order valence-corrected chi connectivity index (χ2v) is 7.55. The molecule has 4 rings (SSSR count). The third-order valence-corrected chi connectivity index (χ3v) is 6.08. The van der Waals surface area contributed by atoms with Crippen molar-refractivity contribution in [3.05, 3.63) is 30.3 Å². The van der Waals surface area contributed by atoms with E-state index in [2.05, 4.69) is 45.9 Å². The van der Waals surface area contributed by atoms with E-state index >= 15 is 0 Å². The zero-order valence-electron chi connectivity index (χ0n) is 14.6. The van der Waals surface area contributed by atoms with Crippen LogP contribution in [-0.4, -0.2) is 38.6 Å². The van der Waals surface area contributed by atoms with Crippen molar-refractivity contribution in [2.45, 2.75) is 25.7 Å². The summed E-state index contributed by atoms with van der Waals surface area (Å²) in [7, 11) is 0. The Balaban J connectivity index is 0.00000113. The minimum absolute atomic E-state index is 0. The van der Waals surface area contributed by atoms with Gasteiger partial charge in [-0.25, -0.2) is 0 Å². The maximum Gasteiger partial charge on any atom is 0.223 e. The molecule has 2 saturated heterocycles. The highest BCUT2D eigenvalue weighted by Crippen LogP contribution is 2.58. The summed E-state index contributed by atoms with van der Waals surface area (Å²) in [5.74, 6) is 1.18. The number of benzene rings is 1. The second kappa shape index (κ2) is 8.61. The first-order valence-electron chi connectivity index (χ1n) is 9.05. The third-order valence-electron chi connectivity index (χ3n) is 6.08. The molecule has 2 aliphatic heterocycles. The fraction of sp³-hybridized carbons (Fsp3) is 0.632. The summed E-state index contributed by atoms with van der Waals surface area (Å²) in [5.41, 5.74) is 1.65. The van der Waals surface area contributed by atoms with Crippen LogP contribution in [0.1, 0.15) is 25.7 Å². The minimum Gasteiger partial charge on any atom is -0.371 e. The van der Waals surface area contributed by atoms with Crippen LogP contribution in [0.25, 0.3) is 0 Å². The first-order chi connectivity index (χ1) is 11.3. The van der Waals surface area contributed by atoms with E-state index in [1.165, 1.54) is 24.9 Å². The summed E-state index contributed by atoms with van der Waals surface area (Å²) in [4.78, 5) is 14.9. The number of hydrogen-bond acceptors (Lipinski definition) is 3. The predicted octanol–water partition coefficient (Wildman–Crippen LogP) is 2.86. The molecule has 1 saturated carbocycles. The van der Waals surface area contributed by atoms with Gasteiger partial charge in [-0.15, -0.1) is 24.8 Å². The Kier molecular flexibility index (Phi) is 7.01. The number of halogens is 2. The third kappa shape index (κ3) is 4.42. The van der Waals surface area contributed by atoms with Gasteiger partial charge in [0.25, 0.3) is 0 Å². The summed E-state index contributed by atoms with van der Waals surface area (Å²) in [6, 6.07) is 10.6. The van der Waals surface area contributed by atoms with Gasteiger partial charge in [-0.1, -0.05) is 18.2 Å². The Labute approximate surface area is 162 Å². The molecule has 25 heavy (non-hydrogen) atoms. The molecule has 2 unspecified atom stereocenters. The standard InChI is InChI=1S/C19H27N3O.2ClH/c23-18(17-12-19(17)7-9-20-10-8-19)21-13-15-6-11-22(14-15)16-4-2-1-3-5-16;;/h1-5,15,17,20H,6-14H2,(H,21,23);2*1H. The van der Waals surface area contributed by atoms with Crippen LogP contribution >= 0.6 is 24.8 Å². The number of piperidine rings is 1. The lowest BCUT2D eigenvalue weighted by Crippen LogP contribution is -2.36. The molecule has 140 valence electrons. The first-order valence-corrected chi connectivity index (χ1v) is 9.05. The van der Waals surface area contributed by atoms with Crippen LogP contribution in [-0.2, 0) is 4.79 Å². The molecule has 0 bridgehead atoms. The number of nitrogens with zero attached hydrogens (tertiary/aromatic N) is 1. The van der Waals surface area contributed by atoms with Crippen LogP contribution in [0.3, 0.4) is 0 Å². The number of amides is 1. The number of carbonyl (C=O) groups excluding carboxylic acids is 1. The van der Waals surface area contributed by atoms with Crippen LogP contribution in [0.2, 0.25) is 0 Å². The van der Waals surface area contributed by atoms with Crippen molar-refractivity contribution in [1.82, 2.24) is 10.6 Å². The van der Waals surface area contributed by atoms with Gasteiger partial charge in [-0.3, -0.25) is 4.79 Å². The van der Waals surface area contributed by atoms with Gasteiger partial charge in [0.2, 0.25) is 5.91 Å². The fourth-order valence-electron chi connectivity index (χ4n) is 4.44. The van der Waals surface area contributed by atoms with Gasteiger partial charge in [0.1, 0.15) is 0 Å². The molecular formula is C19H29Cl2N3O. The molecule has 3 fully saturated rings. The molecule has 0 aromatic heterocycles. The molecule has 1 aromatic carbocycles. The first kappa shape index (κ1) is 20.3. The van der Waals surface area contributed by atoms with Crippen molar-refractivity contribution in [2.24, 2.45) is 17.3 Å².